The lowest BCUT2D eigenvalue weighted by molar-refractivity contribution is 0.341. The molecular weight excluding hydrogens is 224 g/mol. The van der Waals surface area contributed by atoms with Gasteiger partial charge in [0, 0.05) is 6.42 Å². The molecule has 0 bridgehead atoms. The topological polar surface area (TPSA) is 43.4 Å². The number of hydrogen-bond donors (Lipinski definition) is 0. The van der Waals surface area contributed by atoms with Crippen LogP contribution in [-0.4, -0.2) is 8.42 Å². The summed E-state index contributed by atoms with van der Waals surface area (Å²) in [6.07, 6.45) is 3.60. The molecule has 0 saturated carbocycles. The molecule has 0 spiro atoms. The Labute approximate surface area is 95.0 Å². The quantitative estimate of drug-likeness (QED) is 0.792. The summed E-state index contributed by atoms with van der Waals surface area (Å²) in [6, 6.07) is 8.39. The van der Waals surface area contributed by atoms with Crippen molar-refractivity contribution < 1.29 is 13.2 Å². The van der Waals surface area contributed by atoms with Gasteiger partial charge in [-0.05, 0) is 25.1 Å². The zero-order valence-electron chi connectivity index (χ0n) is 8.88. The maximum absolute atomic E-state index is 12.2. The van der Waals surface area contributed by atoms with Crippen LogP contribution in [-0.2, 0) is 14.6 Å². The Morgan fingerprint density at radius 3 is 2.50 bits per heavy atom. The van der Waals surface area contributed by atoms with E-state index < -0.39 is 9.84 Å². The Morgan fingerprint density at radius 2 is 1.88 bits per heavy atom. The van der Waals surface area contributed by atoms with E-state index in [1.54, 1.807) is 43.3 Å². The molecule has 1 aromatic rings. The lowest BCUT2D eigenvalue weighted by atomic mass is 10.3. The molecule has 1 aromatic carbocycles. The highest BCUT2D eigenvalue weighted by atomic mass is 32.2. The van der Waals surface area contributed by atoms with Gasteiger partial charge in [-0.15, -0.1) is 0 Å². The van der Waals surface area contributed by atoms with Gasteiger partial charge in [-0.25, -0.2) is 8.42 Å². The van der Waals surface area contributed by atoms with E-state index in [0.29, 0.717) is 22.0 Å². The van der Waals surface area contributed by atoms with Crippen LogP contribution in [0.15, 0.2) is 58.2 Å². The molecule has 0 atom stereocenters. The number of sulfone groups is 1. The summed E-state index contributed by atoms with van der Waals surface area (Å²) in [5, 5.41) is 0. The van der Waals surface area contributed by atoms with Crippen molar-refractivity contribution in [2.75, 3.05) is 0 Å². The van der Waals surface area contributed by atoms with Gasteiger partial charge in [0.15, 0.2) is 0 Å². The average molecular weight is 236 g/mol. The van der Waals surface area contributed by atoms with Gasteiger partial charge in [0.25, 0.3) is 0 Å². The van der Waals surface area contributed by atoms with Crippen molar-refractivity contribution in [1.82, 2.24) is 0 Å². The van der Waals surface area contributed by atoms with E-state index in [1.807, 2.05) is 0 Å². The second-order valence-electron chi connectivity index (χ2n) is 3.49. The van der Waals surface area contributed by atoms with E-state index >= 15 is 0 Å². The molecule has 0 aromatic heterocycles. The first-order valence-electron chi connectivity index (χ1n) is 4.94. The fourth-order valence-electron chi connectivity index (χ4n) is 1.56. The third-order valence-corrected chi connectivity index (χ3v) is 4.41. The largest absolute Gasteiger partial charge is 0.469 e. The van der Waals surface area contributed by atoms with Crippen LogP contribution in [0.5, 0.6) is 0 Å². The third-order valence-electron chi connectivity index (χ3n) is 2.41. The molecule has 16 heavy (non-hydrogen) atoms. The van der Waals surface area contributed by atoms with Gasteiger partial charge in [-0.1, -0.05) is 18.2 Å². The lowest BCUT2D eigenvalue weighted by Crippen LogP contribution is -2.09. The lowest BCUT2D eigenvalue weighted by Gasteiger charge is -2.14. The van der Waals surface area contributed by atoms with Gasteiger partial charge in [-0.2, -0.15) is 0 Å². The van der Waals surface area contributed by atoms with Gasteiger partial charge >= 0.3 is 0 Å². The van der Waals surface area contributed by atoms with Crippen LogP contribution >= 0.6 is 0 Å². The van der Waals surface area contributed by atoms with Crippen LogP contribution in [0.4, 0.5) is 0 Å². The zero-order chi connectivity index (χ0) is 11.6. The van der Waals surface area contributed by atoms with Crippen molar-refractivity contribution in [3.8, 4) is 0 Å². The zero-order valence-corrected chi connectivity index (χ0v) is 9.70. The summed E-state index contributed by atoms with van der Waals surface area (Å²) >= 11 is 0. The molecule has 84 valence electrons. The molecule has 1 aliphatic heterocycles. The highest BCUT2D eigenvalue weighted by molar-refractivity contribution is 7.95. The molecule has 0 unspecified atom stereocenters. The minimum absolute atomic E-state index is 0.309. The first kappa shape index (κ1) is 11.0. The molecule has 0 saturated heterocycles. The van der Waals surface area contributed by atoms with E-state index in [4.69, 9.17) is 4.74 Å². The van der Waals surface area contributed by atoms with Crippen molar-refractivity contribution in [3.63, 3.8) is 0 Å². The van der Waals surface area contributed by atoms with Crippen LogP contribution in [0, 0.1) is 0 Å². The van der Waals surface area contributed by atoms with Gasteiger partial charge < -0.3 is 4.74 Å². The van der Waals surface area contributed by atoms with E-state index in [9.17, 15) is 8.42 Å². The second kappa shape index (κ2) is 4.14. The number of allylic oxidation sites excluding steroid dienone is 3. The van der Waals surface area contributed by atoms with Crippen molar-refractivity contribution in [3.05, 3.63) is 53.3 Å². The fraction of sp³-hybridized carbons (Fsp3) is 0.167. The molecule has 3 nitrogen and oxygen atoms in total. The summed E-state index contributed by atoms with van der Waals surface area (Å²) in [7, 11) is -3.41. The molecule has 0 radical (unpaired) electrons. The Hall–Kier alpha value is -1.55. The molecule has 0 N–H and O–H groups in total. The Kier molecular flexibility index (Phi) is 2.83. The third kappa shape index (κ3) is 1.88. The smallest absolute Gasteiger partial charge is 0.206 e. The Morgan fingerprint density at radius 1 is 1.19 bits per heavy atom. The molecular formula is C12H12O3S. The van der Waals surface area contributed by atoms with Crippen LogP contribution in [0.1, 0.15) is 13.3 Å². The number of benzene rings is 1. The first-order chi connectivity index (χ1) is 7.62. The van der Waals surface area contributed by atoms with Crippen molar-refractivity contribution in [2.24, 2.45) is 0 Å². The minimum Gasteiger partial charge on any atom is -0.469 e. The van der Waals surface area contributed by atoms with Gasteiger partial charge in [-0.3, -0.25) is 0 Å². The summed E-state index contributed by atoms with van der Waals surface area (Å²) in [6.45, 7) is 1.67. The Balaban J connectivity index is 2.48. The average Bonchev–Trinajstić information content (AvgIpc) is 2.30. The number of rotatable bonds is 2. The summed E-state index contributed by atoms with van der Waals surface area (Å²) in [5.74, 6) is 0.450. The van der Waals surface area contributed by atoms with E-state index in [1.165, 1.54) is 6.26 Å². The normalized spacial score (nSPS) is 16.1. The molecule has 0 aliphatic carbocycles. The SMILES string of the molecule is CC1=C(S(=O)(=O)c2ccccc2)CC=CO1. The summed E-state index contributed by atoms with van der Waals surface area (Å²) < 4.78 is 29.6. The van der Waals surface area contributed by atoms with Gasteiger partial charge in [0.05, 0.1) is 16.1 Å². The molecule has 1 aliphatic rings. The number of hydrogen-bond acceptors (Lipinski definition) is 3. The fourth-order valence-corrected chi connectivity index (χ4v) is 3.10. The van der Waals surface area contributed by atoms with Crippen molar-refractivity contribution in [1.29, 1.82) is 0 Å². The minimum atomic E-state index is -3.41. The van der Waals surface area contributed by atoms with Crippen LogP contribution in [0.2, 0.25) is 0 Å². The maximum Gasteiger partial charge on any atom is 0.206 e. The van der Waals surface area contributed by atoms with Crippen molar-refractivity contribution >= 4 is 9.84 Å². The summed E-state index contributed by atoms with van der Waals surface area (Å²) in [5.41, 5.74) is 0. The van der Waals surface area contributed by atoms with Crippen LogP contribution in [0.25, 0.3) is 0 Å². The highest BCUT2D eigenvalue weighted by Crippen LogP contribution is 2.27. The summed E-state index contributed by atoms with van der Waals surface area (Å²) in [4.78, 5) is 0.643. The van der Waals surface area contributed by atoms with Gasteiger partial charge in [0.1, 0.15) is 5.76 Å². The van der Waals surface area contributed by atoms with Crippen molar-refractivity contribution in [2.45, 2.75) is 18.2 Å². The predicted molar refractivity (Wildman–Crippen MR) is 61.2 cm³/mol. The molecule has 0 fully saturated rings. The molecule has 1 heterocycles. The highest BCUT2D eigenvalue weighted by Gasteiger charge is 2.24. The van der Waals surface area contributed by atoms with Crippen LogP contribution in [0.3, 0.4) is 0 Å². The Bertz CT molecular complexity index is 539. The molecule has 2 rings (SSSR count). The van der Waals surface area contributed by atoms with E-state index in [2.05, 4.69) is 0 Å². The first-order valence-corrected chi connectivity index (χ1v) is 6.42. The monoisotopic (exact) mass is 236 g/mol. The molecule has 4 heteroatoms. The standard InChI is InChI=1S/C12H12O3S/c1-10-12(8-5-9-15-10)16(13,14)11-6-3-2-4-7-11/h2-7,9H,8H2,1H3. The predicted octanol–water partition coefficient (Wildman–Crippen LogP) is 2.63. The van der Waals surface area contributed by atoms with E-state index in [-0.39, 0.29) is 0 Å². The van der Waals surface area contributed by atoms with E-state index in [0.717, 1.165) is 0 Å². The second-order valence-corrected chi connectivity index (χ2v) is 5.46. The molecule has 0 amide bonds. The van der Waals surface area contributed by atoms with Gasteiger partial charge in [0.2, 0.25) is 9.84 Å². The number of ether oxygens (including phenoxy) is 1. The van der Waals surface area contributed by atoms with Crippen LogP contribution < -0.4 is 0 Å². The maximum atomic E-state index is 12.2.